The van der Waals surface area contributed by atoms with Crippen LogP contribution in [0.5, 0.6) is 0 Å². The highest BCUT2D eigenvalue weighted by Crippen LogP contribution is 2.21. The fourth-order valence-electron chi connectivity index (χ4n) is 2.10. The van der Waals surface area contributed by atoms with Crippen molar-refractivity contribution in [2.45, 2.75) is 25.5 Å². The lowest BCUT2D eigenvalue weighted by atomic mass is 10.2. The molecule has 1 heterocycles. The molecule has 0 aliphatic heterocycles. The van der Waals surface area contributed by atoms with E-state index in [4.69, 9.17) is 11.6 Å². The minimum absolute atomic E-state index is 0.0385. The van der Waals surface area contributed by atoms with Gasteiger partial charge in [-0.1, -0.05) is 12.1 Å². The number of fused-ring (bicyclic) bond motifs is 1. The number of aromatic nitrogens is 2. The number of alkyl halides is 4. The Balaban J connectivity index is 2.16. The third-order valence-electron chi connectivity index (χ3n) is 2.89. The van der Waals surface area contributed by atoms with Crippen molar-refractivity contribution in [1.29, 1.82) is 0 Å². The number of para-hydroxylation sites is 1. The molecule has 0 saturated heterocycles. The summed E-state index contributed by atoms with van der Waals surface area (Å²) in [5.74, 6) is 0.833. The van der Waals surface area contributed by atoms with Crippen molar-refractivity contribution in [2.24, 2.45) is 0 Å². The average molecular weight is 307 g/mol. The van der Waals surface area contributed by atoms with Gasteiger partial charge in [0.25, 0.3) is 0 Å². The van der Waals surface area contributed by atoms with Gasteiger partial charge in [0, 0.05) is 6.54 Å². The predicted octanol–water partition coefficient (Wildman–Crippen LogP) is 3.66. The van der Waals surface area contributed by atoms with E-state index < -0.39 is 12.8 Å². The Morgan fingerprint density at radius 2 is 2.10 bits per heavy atom. The van der Waals surface area contributed by atoms with Crippen molar-refractivity contribution in [2.75, 3.05) is 13.2 Å². The zero-order valence-corrected chi connectivity index (χ0v) is 11.6. The normalized spacial score (nSPS) is 12.2. The third kappa shape index (κ3) is 3.43. The van der Waals surface area contributed by atoms with E-state index in [1.165, 1.54) is 0 Å². The Morgan fingerprint density at radius 1 is 1.35 bits per heavy atom. The molecule has 1 aromatic carbocycles. The molecule has 0 amide bonds. The summed E-state index contributed by atoms with van der Waals surface area (Å²) < 4.78 is 42.5. The SMILES string of the molecule is Cc1cccc2nc(CCl)n(CCOCC(F)(F)F)c12. The maximum Gasteiger partial charge on any atom is 0.411 e. The number of benzene rings is 1. The van der Waals surface area contributed by atoms with Gasteiger partial charge in [0.15, 0.2) is 0 Å². The smallest absolute Gasteiger partial charge is 0.370 e. The first kappa shape index (κ1) is 15.1. The van der Waals surface area contributed by atoms with Crippen LogP contribution in [0.15, 0.2) is 18.2 Å². The Labute approximate surface area is 119 Å². The van der Waals surface area contributed by atoms with Gasteiger partial charge in [-0.25, -0.2) is 4.98 Å². The van der Waals surface area contributed by atoms with Gasteiger partial charge in [-0.3, -0.25) is 0 Å². The summed E-state index contributed by atoms with van der Waals surface area (Å²) in [6.07, 6.45) is -4.30. The zero-order chi connectivity index (χ0) is 14.8. The van der Waals surface area contributed by atoms with Crippen LogP contribution in [0.3, 0.4) is 0 Å². The maximum absolute atomic E-state index is 12.0. The molecule has 2 rings (SSSR count). The topological polar surface area (TPSA) is 27.1 Å². The molecule has 0 N–H and O–H groups in total. The van der Waals surface area contributed by atoms with Gasteiger partial charge in [-0.2, -0.15) is 13.2 Å². The van der Waals surface area contributed by atoms with Crippen molar-refractivity contribution in [1.82, 2.24) is 9.55 Å². The van der Waals surface area contributed by atoms with Crippen molar-refractivity contribution in [3.63, 3.8) is 0 Å². The van der Waals surface area contributed by atoms with E-state index in [0.717, 1.165) is 16.6 Å². The first-order valence-electron chi connectivity index (χ1n) is 6.07. The highest BCUT2D eigenvalue weighted by molar-refractivity contribution is 6.16. The molecule has 3 nitrogen and oxygen atoms in total. The molecule has 0 atom stereocenters. The van der Waals surface area contributed by atoms with Crippen LogP contribution in [-0.4, -0.2) is 28.9 Å². The van der Waals surface area contributed by atoms with E-state index in [1.54, 1.807) is 0 Å². The summed E-state index contributed by atoms with van der Waals surface area (Å²) in [6.45, 7) is 0.937. The molecule has 0 unspecified atom stereocenters. The molecule has 2 aromatic rings. The lowest BCUT2D eigenvalue weighted by molar-refractivity contribution is -0.174. The molecule has 0 spiro atoms. The van der Waals surface area contributed by atoms with Gasteiger partial charge < -0.3 is 9.30 Å². The lowest BCUT2D eigenvalue weighted by Gasteiger charge is -2.11. The molecule has 0 bridgehead atoms. The summed E-state index contributed by atoms with van der Waals surface area (Å²) >= 11 is 5.84. The van der Waals surface area contributed by atoms with E-state index in [2.05, 4.69) is 9.72 Å². The van der Waals surface area contributed by atoms with Crippen LogP contribution in [0.2, 0.25) is 0 Å². The number of halogens is 4. The Kier molecular flexibility index (Phi) is 4.55. The number of imidazole rings is 1. The van der Waals surface area contributed by atoms with Crippen LogP contribution in [0, 0.1) is 6.92 Å². The van der Waals surface area contributed by atoms with Gasteiger partial charge >= 0.3 is 6.18 Å². The quantitative estimate of drug-likeness (QED) is 0.622. The first-order chi connectivity index (χ1) is 9.42. The number of rotatable bonds is 5. The molecule has 0 saturated carbocycles. The maximum atomic E-state index is 12.0. The molecule has 0 radical (unpaired) electrons. The lowest BCUT2D eigenvalue weighted by Crippen LogP contribution is -2.19. The predicted molar refractivity (Wildman–Crippen MR) is 70.9 cm³/mol. The van der Waals surface area contributed by atoms with Gasteiger partial charge in [0.2, 0.25) is 0 Å². The van der Waals surface area contributed by atoms with E-state index in [9.17, 15) is 13.2 Å². The molecular weight excluding hydrogens is 293 g/mol. The van der Waals surface area contributed by atoms with Crippen molar-refractivity contribution >= 4 is 22.6 Å². The second-order valence-corrected chi connectivity index (χ2v) is 4.69. The number of hydrogen-bond acceptors (Lipinski definition) is 2. The minimum atomic E-state index is -4.30. The second kappa shape index (κ2) is 6.01. The molecule has 110 valence electrons. The van der Waals surface area contributed by atoms with Crippen molar-refractivity contribution in [3.05, 3.63) is 29.6 Å². The van der Waals surface area contributed by atoms with E-state index in [1.807, 2.05) is 29.7 Å². The summed E-state index contributed by atoms with van der Waals surface area (Å²) in [4.78, 5) is 4.37. The summed E-state index contributed by atoms with van der Waals surface area (Å²) in [5.41, 5.74) is 2.68. The first-order valence-corrected chi connectivity index (χ1v) is 6.61. The van der Waals surface area contributed by atoms with Crippen LogP contribution in [0.25, 0.3) is 11.0 Å². The highest BCUT2D eigenvalue weighted by atomic mass is 35.5. The summed E-state index contributed by atoms with van der Waals surface area (Å²) in [5, 5.41) is 0. The molecule has 0 fully saturated rings. The zero-order valence-electron chi connectivity index (χ0n) is 10.9. The van der Waals surface area contributed by atoms with Crippen LogP contribution in [0.4, 0.5) is 13.2 Å². The van der Waals surface area contributed by atoms with Gasteiger partial charge in [-0.15, -0.1) is 11.6 Å². The van der Waals surface area contributed by atoms with E-state index in [-0.39, 0.29) is 12.5 Å². The monoisotopic (exact) mass is 306 g/mol. The summed E-state index contributed by atoms with van der Waals surface area (Å²) in [7, 11) is 0. The van der Waals surface area contributed by atoms with Gasteiger partial charge in [0.1, 0.15) is 12.4 Å². The fraction of sp³-hybridized carbons (Fsp3) is 0.462. The van der Waals surface area contributed by atoms with Crippen LogP contribution in [-0.2, 0) is 17.2 Å². The molecule has 1 aromatic heterocycles. The van der Waals surface area contributed by atoms with Crippen molar-refractivity contribution < 1.29 is 17.9 Å². The van der Waals surface area contributed by atoms with Crippen LogP contribution < -0.4 is 0 Å². The third-order valence-corrected chi connectivity index (χ3v) is 3.13. The van der Waals surface area contributed by atoms with Crippen LogP contribution >= 0.6 is 11.6 Å². The largest absolute Gasteiger partial charge is 0.411 e. The molecule has 0 aliphatic carbocycles. The highest BCUT2D eigenvalue weighted by Gasteiger charge is 2.27. The number of aryl methyl sites for hydroxylation is 1. The van der Waals surface area contributed by atoms with Crippen LogP contribution in [0.1, 0.15) is 11.4 Å². The van der Waals surface area contributed by atoms with Gasteiger partial charge in [-0.05, 0) is 18.6 Å². The molecular formula is C13H14ClF3N2O. The molecule has 20 heavy (non-hydrogen) atoms. The fourth-order valence-corrected chi connectivity index (χ4v) is 2.30. The second-order valence-electron chi connectivity index (χ2n) is 4.42. The molecule has 7 heteroatoms. The van der Waals surface area contributed by atoms with Gasteiger partial charge in [0.05, 0.1) is 23.5 Å². The molecule has 0 aliphatic rings. The average Bonchev–Trinajstić information content (AvgIpc) is 2.73. The number of ether oxygens (including phenoxy) is 1. The Morgan fingerprint density at radius 3 is 2.75 bits per heavy atom. The minimum Gasteiger partial charge on any atom is -0.370 e. The Hall–Kier alpha value is -1.27. The van der Waals surface area contributed by atoms with E-state index in [0.29, 0.717) is 12.4 Å². The summed E-state index contributed by atoms with van der Waals surface area (Å²) in [6, 6.07) is 5.66. The number of hydrogen-bond donors (Lipinski definition) is 0. The Bertz CT molecular complexity index is 595. The van der Waals surface area contributed by atoms with E-state index >= 15 is 0 Å². The standard InChI is InChI=1S/C13H14ClF3N2O/c1-9-3-2-4-10-12(9)19(11(7-14)18-10)5-6-20-8-13(15,16)17/h2-4H,5-8H2,1H3. The van der Waals surface area contributed by atoms with Crippen molar-refractivity contribution in [3.8, 4) is 0 Å². The number of nitrogens with zero attached hydrogens (tertiary/aromatic N) is 2.